The molecule has 0 aliphatic rings. The third-order valence-corrected chi connectivity index (χ3v) is 4.95. The van der Waals surface area contributed by atoms with Crippen LogP contribution in [0.5, 0.6) is 5.75 Å². The topological polar surface area (TPSA) is 71.5 Å². The van der Waals surface area contributed by atoms with Gasteiger partial charge in [0.2, 0.25) is 5.91 Å². The summed E-state index contributed by atoms with van der Waals surface area (Å²) in [5, 5.41) is 5.31. The zero-order valence-corrected chi connectivity index (χ0v) is 16.0. The molecule has 2 aromatic carbocycles. The zero-order valence-electron chi connectivity index (χ0n) is 15.2. The minimum atomic E-state index is -0.279. The third kappa shape index (κ3) is 4.32. The van der Waals surface area contributed by atoms with Gasteiger partial charge in [-0.05, 0) is 48.5 Å². The monoisotopic (exact) mass is 381 g/mol. The number of nitrogens with zero attached hydrogens (tertiary/aromatic N) is 2. The average molecular weight is 381 g/mol. The number of carbonyl (C=O) groups excluding carboxylic acids is 2. The van der Waals surface area contributed by atoms with Gasteiger partial charge in [0.05, 0.1) is 7.11 Å². The van der Waals surface area contributed by atoms with Crippen molar-refractivity contribution >= 4 is 34.5 Å². The molecule has 1 aromatic heterocycles. The third-order valence-electron chi connectivity index (χ3n) is 4.06. The fourth-order valence-corrected chi connectivity index (χ4v) is 3.20. The van der Waals surface area contributed by atoms with Crippen LogP contribution in [0.25, 0.3) is 10.6 Å². The Hall–Kier alpha value is -3.19. The predicted octanol–water partition coefficient (Wildman–Crippen LogP) is 4.05. The molecular weight excluding hydrogens is 362 g/mol. The van der Waals surface area contributed by atoms with E-state index in [4.69, 9.17) is 4.74 Å². The molecule has 0 atom stereocenters. The summed E-state index contributed by atoms with van der Waals surface area (Å²) in [4.78, 5) is 29.8. The molecule has 0 aliphatic heterocycles. The Kier molecular flexibility index (Phi) is 5.52. The van der Waals surface area contributed by atoms with Crippen molar-refractivity contribution in [1.29, 1.82) is 0 Å². The SMILES string of the molecule is COc1ccc(-c2nc(C(=O)Nc3ccc(N(C)C(C)=O)cc3)cs2)cc1. The van der Waals surface area contributed by atoms with E-state index in [0.717, 1.165) is 22.0 Å². The Morgan fingerprint density at radius 3 is 2.33 bits per heavy atom. The number of benzene rings is 2. The molecule has 138 valence electrons. The molecule has 2 amide bonds. The average Bonchev–Trinajstić information content (AvgIpc) is 3.18. The number of anilines is 2. The van der Waals surface area contributed by atoms with Gasteiger partial charge >= 0.3 is 0 Å². The lowest BCUT2D eigenvalue weighted by atomic mass is 10.2. The molecule has 0 fully saturated rings. The lowest BCUT2D eigenvalue weighted by Gasteiger charge is -2.15. The van der Waals surface area contributed by atoms with E-state index in [1.165, 1.54) is 23.2 Å². The van der Waals surface area contributed by atoms with E-state index < -0.39 is 0 Å². The highest BCUT2D eigenvalue weighted by Crippen LogP contribution is 2.26. The van der Waals surface area contributed by atoms with E-state index in [1.807, 2.05) is 24.3 Å². The molecule has 6 nitrogen and oxygen atoms in total. The Labute approximate surface area is 161 Å². The van der Waals surface area contributed by atoms with Crippen LogP contribution >= 0.6 is 11.3 Å². The van der Waals surface area contributed by atoms with Gasteiger partial charge in [-0.3, -0.25) is 9.59 Å². The second kappa shape index (κ2) is 8.01. The molecule has 3 aromatic rings. The van der Waals surface area contributed by atoms with Gasteiger partial charge in [-0.1, -0.05) is 0 Å². The van der Waals surface area contributed by atoms with Crippen LogP contribution in [-0.2, 0) is 4.79 Å². The molecule has 0 saturated carbocycles. The van der Waals surface area contributed by atoms with Crippen molar-refractivity contribution in [2.45, 2.75) is 6.92 Å². The Morgan fingerprint density at radius 1 is 1.07 bits per heavy atom. The first kappa shape index (κ1) is 18.6. The second-order valence-electron chi connectivity index (χ2n) is 5.85. The van der Waals surface area contributed by atoms with Gasteiger partial charge in [-0.15, -0.1) is 11.3 Å². The van der Waals surface area contributed by atoms with Gasteiger partial charge in [0.25, 0.3) is 5.91 Å². The molecule has 1 N–H and O–H groups in total. The van der Waals surface area contributed by atoms with Crippen molar-refractivity contribution in [2.75, 3.05) is 24.4 Å². The normalized spacial score (nSPS) is 10.3. The summed E-state index contributed by atoms with van der Waals surface area (Å²) < 4.78 is 5.15. The molecular formula is C20H19N3O3S. The minimum Gasteiger partial charge on any atom is -0.497 e. The van der Waals surface area contributed by atoms with E-state index in [0.29, 0.717) is 11.4 Å². The number of thiazole rings is 1. The molecule has 0 saturated heterocycles. The molecule has 0 radical (unpaired) electrons. The van der Waals surface area contributed by atoms with Crippen LogP contribution in [0.2, 0.25) is 0 Å². The van der Waals surface area contributed by atoms with Crippen molar-refractivity contribution in [3.8, 4) is 16.3 Å². The second-order valence-corrected chi connectivity index (χ2v) is 6.70. The number of nitrogens with one attached hydrogen (secondary N) is 1. The molecule has 1 heterocycles. The van der Waals surface area contributed by atoms with Gasteiger partial charge in [-0.2, -0.15) is 0 Å². The first-order valence-corrected chi connectivity index (χ1v) is 9.11. The van der Waals surface area contributed by atoms with E-state index in [9.17, 15) is 9.59 Å². The van der Waals surface area contributed by atoms with Gasteiger partial charge in [0, 0.05) is 36.3 Å². The van der Waals surface area contributed by atoms with Crippen LogP contribution in [0.4, 0.5) is 11.4 Å². The summed E-state index contributed by atoms with van der Waals surface area (Å²) in [7, 11) is 3.32. The van der Waals surface area contributed by atoms with Crippen molar-refractivity contribution in [3.05, 3.63) is 59.6 Å². The molecule has 0 bridgehead atoms. The van der Waals surface area contributed by atoms with E-state index in [2.05, 4.69) is 10.3 Å². The summed E-state index contributed by atoms with van der Waals surface area (Å²) in [5.41, 5.74) is 2.68. The molecule has 0 unspecified atom stereocenters. The lowest BCUT2D eigenvalue weighted by molar-refractivity contribution is -0.116. The molecule has 0 aliphatic carbocycles. The van der Waals surface area contributed by atoms with Crippen LogP contribution in [0.15, 0.2) is 53.9 Å². The van der Waals surface area contributed by atoms with Crippen LogP contribution < -0.4 is 15.0 Å². The van der Waals surface area contributed by atoms with Crippen LogP contribution in [0.1, 0.15) is 17.4 Å². The van der Waals surface area contributed by atoms with Gasteiger partial charge in [0.15, 0.2) is 0 Å². The highest BCUT2D eigenvalue weighted by molar-refractivity contribution is 7.13. The molecule has 3 rings (SSSR count). The summed E-state index contributed by atoms with van der Waals surface area (Å²) in [6, 6.07) is 14.6. The first-order chi connectivity index (χ1) is 13.0. The number of hydrogen-bond acceptors (Lipinski definition) is 5. The molecule has 27 heavy (non-hydrogen) atoms. The first-order valence-electron chi connectivity index (χ1n) is 8.23. The van der Waals surface area contributed by atoms with Crippen molar-refractivity contribution in [3.63, 3.8) is 0 Å². The Morgan fingerprint density at radius 2 is 1.74 bits per heavy atom. The summed E-state index contributed by atoms with van der Waals surface area (Å²) in [6.07, 6.45) is 0. The maximum absolute atomic E-state index is 12.4. The maximum atomic E-state index is 12.4. The fourth-order valence-electron chi connectivity index (χ4n) is 2.39. The lowest BCUT2D eigenvalue weighted by Crippen LogP contribution is -2.22. The number of hydrogen-bond donors (Lipinski definition) is 1. The maximum Gasteiger partial charge on any atom is 0.275 e. The van der Waals surface area contributed by atoms with Crippen molar-refractivity contribution < 1.29 is 14.3 Å². The zero-order chi connectivity index (χ0) is 19.4. The summed E-state index contributed by atoms with van der Waals surface area (Å²) in [6.45, 7) is 1.50. The number of amides is 2. The highest BCUT2D eigenvalue weighted by atomic mass is 32.1. The van der Waals surface area contributed by atoms with Crippen molar-refractivity contribution in [2.24, 2.45) is 0 Å². The van der Waals surface area contributed by atoms with Crippen LogP contribution in [0, 0.1) is 0 Å². The number of aromatic nitrogens is 1. The minimum absolute atomic E-state index is 0.0553. The van der Waals surface area contributed by atoms with Gasteiger partial charge < -0.3 is 15.0 Å². The quantitative estimate of drug-likeness (QED) is 0.724. The number of methoxy groups -OCH3 is 1. The Balaban J connectivity index is 1.69. The van der Waals surface area contributed by atoms with E-state index in [-0.39, 0.29) is 11.8 Å². The number of ether oxygens (including phenoxy) is 1. The predicted molar refractivity (Wildman–Crippen MR) is 108 cm³/mol. The fraction of sp³-hybridized carbons (Fsp3) is 0.150. The van der Waals surface area contributed by atoms with Gasteiger partial charge in [0.1, 0.15) is 16.5 Å². The van der Waals surface area contributed by atoms with Crippen LogP contribution in [-0.4, -0.2) is 31.0 Å². The summed E-state index contributed by atoms with van der Waals surface area (Å²) in [5.74, 6) is 0.436. The standard InChI is InChI=1S/C20H19N3O3S/c1-13(24)23(2)16-8-6-15(7-9-16)21-19(25)18-12-27-20(22-18)14-4-10-17(26-3)11-5-14/h4-12H,1-3H3,(H,21,25). The number of rotatable bonds is 5. The van der Waals surface area contributed by atoms with Gasteiger partial charge in [-0.25, -0.2) is 4.98 Å². The molecule has 7 heteroatoms. The largest absolute Gasteiger partial charge is 0.497 e. The number of carbonyl (C=O) groups is 2. The van der Waals surface area contributed by atoms with Crippen molar-refractivity contribution in [1.82, 2.24) is 4.98 Å². The van der Waals surface area contributed by atoms with E-state index >= 15 is 0 Å². The highest BCUT2D eigenvalue weighted by Gasteiger charge is 2.13. The summed E-state index contributed by atoms with van der Waals surface area (Å²) >= 11 is 1.41. The Bertz CT molecular complexity index is 949. The smallest absolute Gasteiger partial charge is 0.275 e. The van der Waals surface area contributed by atoms with Crippen LogP contribution in [0.3, 0.4) is 0 Å². The van der Waals surface area contributed by atoms with E-state index in [1.54, 1.807) is 43.8 Å². The molecule has 0 spiro atoms.